The highest BCUT2D eigenvalue weighted by Crippen LogP contribution is 2.40. The van der Waals surface area contributed by atoms with E-state index in [1.54, 1.807) is 7.11 Å². The third-order valence-corrected chi connectivity index (χ3v) is 4.04. The van der Waals surface area contributed by atoms with E-state index in [4.69, 9.17) is 4.74 Å². The van der Waals surface area contributed by atoms with Gasteiger partial charge in [0.15, 0.2) is 0 Å². The molecule has 0 aliphatic heterocycles. The number of aromatic nitrogens is 2. The summed E-state index contributed by atoms with van der Waals surface area (Å²) >= 11 is 0. The van der Waals surface area contributed by atoms with E-state index in [2.05, 4.69) is 20.6 Å². The molecule has 3 rings (SSSR count). The fraction of sp³-hybridized carbons (Fsp3) is 0.444. The SMILES string of the molecule is COc1ccccc1CNc1cc(C2CC2)nc(N[C@@H](C)CO)n1. The maximum Gasteiger partial charge on any atom is 0.225 e. The van der Waals surface area contributed by atoms with Gasteiger partial charge in [-0.3, -0.25) is 0 Å². The summed E-state index contributed by atoms with van der Waals surface area (Å²) in [7, 11) is 1.67. The monoisotopic (exact) mass is 328 g/mol. The molecule has 6 heteroatoms. The predicted octanol–water partition coefficient (Wildman–Crippen LogP) is 2.77. The van der Waals surface area contributed by atoms with Crippen molar-refractivity contribution in [3.05, 3.63) is 41.6 Å². The molecule has 0 spiro atoms. The average Bonchev–Trinajstić information content (AvgIpc) is 3.45. The zero-order chi connectivity index (χ0) is 16.9. The first-order valence-corrected chi connectivity index (χ1v) is 8.31. The molecular weight excluding hydrogens is 304 g/mol. The third kappa shape index (κ3) is 4.14. The van der Waals surface area contributed by atoms with Crippen LogP contribution in [0.1, 0.15) is 36.9 Å². The van der Waals surface area contributed by atoms with Crippen LogP contribution in [0.3, 0.4) is 0 Å². The molecule has 3 N–H and O–H groups in total. The van der Waals surface area contributed by atoms with Gasteiger partial charge in [0.05, 0.1) is 19.4 Å². The van der Waals surface area contributed by atoms with Gasteiger partial charge in [-0.1, -0.05) is 18.2 Å². The Bertz CT molecular complexity index is 688. The number of para-hydroxylation sites is 1. The Morgan fingerprint density at radius 1 is 1.29 bits per heavy atom. The van der Waals surface area contributed by atoms with Crippen molar-refractivity contribution < 1.29 is 9.84 Å². The van der Waals surface area contributed by atoms with Gasteiger partial charge in [0, 0.05) is 30.1 Å². The Labute approximate surface area is 142 Å². The van der Waals surface area contributed by atoms with Gasteiger partial charge in [-0.15, -0.1) is 0 Å². The summed E-state index contributed by atoms with van der Waals surface area (Å²) in [6.07, 6.45) is 2.36. The van der Waals surface area contributed by atoms with Crippen LogP contribution in [0, 0.1) is 0 Å². The average molecular weight is 328 g/mol. The summed E-state index contributed by atoms with van der Waals surface area (Å²) in [6.45, 7) is 2.57. The lowest BCUT2D eigenvalue weighted by molar-refractivity contribution is 0.281. The fourth-order valence-corrected chi connectivity index (χ4v) is 2.51. The molecule has 0 bridgehead atoms. The zero-order valence-corrected chi connectivity index (χ0v) is 14.1. The fourth-order valence-electron chi connectivity index (χ4n) is 2.51. The summed E-state index contributed by atoms with van der Waals surface area (Å²) in [6, 6.07) is 9.86. The van der Waals surface area contributed by atoms with Crippen molar-refractivity contribution in [3.8, 4) is 5.75 Å². The highest BCUT2D eigenvalue weighted by molar-refractivity contribution is 5.46. The van der Waals surface area contributed by atoms with Gasteiger partial charge in [0.1, 0.15) is 11.6 Å². The second-order valence-electron chi connectivity index (χ2n) is 6.17. The minimum atomic E-state index is -0.0819. The zero-order valence-electron chi connectivity index (χ0n) is 14.1. The number of nitrogens with one attached hydrogen (secondary N) is 2. The van der Waals surface area contributed by atoms with E-state index in [1.165, 1.54) is 12.8 Å². The van der Waals surface area contributed by atoms with Gasteiger partial charge < -0.3 is 20.5 Å². The van der Waals surface area contributed by atoms with E-state index < -0.39 is 0 Å². The van der Waals surface area contributed by atoms with Gasteiger partial charge in [-0.05, 0) is 25.8 Å². The van der Waals surface area contributed by atoms with Crippen molar-refractivity contribution in [3.63, 3.8) is 0 Å². The molecule has 1 aromatic carbocycles. The van der Waals surface area contributed by atoms with Crippen molar-refractivity contribution in [1.82, 2.24) is 9.97 Å². The van der Waals surface area contributed by atoms with Crippen molar-refractivity contribution in [1.29, 1.82) is 0 Å². The standard InChI is InChI=1S/C18H24N4O2/c1-12(11-23)20-18-21-15(13-7-8-13)9-17(22-18)19-10-14-5-3-4-6-16(14)24-2/h3-6,9,12-13,23H,7-8,10-11H2,1-2H3,(H2,19,20,21,22)/t12-/m0/s1. The smallest absolute Gasteiger partial charge is 0.225 e. The first-order chi connectivity index (χ1) is 11.7. The maximum absolute atomic E-state index is 9.22. The number of aliphatic hydroxyl groups excluding tert-OH is 1. The number of hydrogen-bond donors (Lipinski definition) is 3. The van der Waals surface area contributed by atoms with Crippen LogP contribution in [0.15, 0.2) is 30.3 Å². The van der Waals surface area contributed by atoms with Crippen molar-refractivity contribution in [2.75, 3.05) is 24.4 Å². The Kier molecular flexibility index (Phi) is 5.15. The number of rotatable bonds is 8. The van der Waals surface area contributed by atoms with Crippen LogP contribution in [0.4, 0.5) is 11.8 Å². The molecular formula is C18H24N4O2. The quantitative estimate of drug-likeness (QED) is 0.691. The molecule has 1 fully saturated rings. The van der Waals surface area contributed by atoms with Crippen LogP contribution >= 0.6 is 0 Å². The highest BCUT2D eigenvalue weighted by atomic mass is 16.5. The number of aliphatic hydroxyl groups is 1. The van der Waals surface area contributed by atoms with Crippen molar-refractivity contribution >= 4 is 11.8 Å². The van der Waals surface area contributed by atoms with Crippen LogP contribution in [0.2, 0.25) is 0 Å². The first-order valence-electron chi connectivity index (χ1n) is 8.31. The number of hydrogen-bond acceptors (Lipinski definition) is 6. The second kappa shape index (κ2) is 7.49. The largest absolute Gasteiger partial charge is 0.496 e. The number of methoxy groups -OCH3 is 1. The molecule has 1 aliphatic rings. The second-order valence-corrected chi connectivity index (χ2v) is 6.17. The van der Waals surface area contributed by atoms with E-state index in [0.717, 1.165) is 22.8 Å². The number of nitrogens with zero attached hydrogens (tertiary/aromatic N) is 2. The molecule has 1 saturated carbocycles. The molecule has 0 amide bonds. The topological polar surface area (TPSA) is 79.3 Å². The van der Waals surface area contributed by atoms with Gasteiger partial charge in [-0.2, -0.15) is 4.98 Å². The molecule has 1 aromatic heterocycles. The predicted molar refractivity (Wildman–Crippen MR) is 94.5 cm³/mol. The normalized spacial score (nSPS) is 15.0. The van der Waals surface area contributed by atoms with Gasteiger partial charge in [-0.25, -0.2) is 4.98 Å². The first kappa shape index (κ1) is 16.5. The minimum absolute atomic E-state index is 0.0427. The lowest BCUT2D eigenvalue weighted by Gasteiger charge is -2.14. The van der Waals surface area contributed by atoms with Gasteiger partial charge in [0.25, 0.3) is 0 Å². The lowest BCUT2D eigenvalue weighted by atomic mass is 10.2. The summed E-state index contributed by atoms with van der Waals surface area (Å²) in [5, 5.41) is 15.7. The number of benzene rings is 1. The van der Waals surface area contributed by atoms with Crippen LogP contribution in [-0.2, 0) is 6.54 Å². The van der Waals surface area contributed by atoms with Gasteiger partial charge in [0.2, 0.25) is 5.95 Å². The molecule has 1 heterocycles. The van der Waals surface area contributed by atoms with Crippen LogP contribution in [0.25, 0.3) is 0 Å². The molecule has 0 saturated heterocycles. The van der Waals surface area contributed by atoms with Crippen molar-refractivity contribution in [2.24, 2.45) is 0 Å². The maximum atomic E-state index is 9.22. The summed E-state index contributed by atoms with van der Waals surface area (Å²) in [5.41, 5.74) is 2.13. The van der Waals surface area contributed by atoms with E-state index in [1.807, 2.05) is 37.3 Å². The molecule has 128 valence electrons. The number of anilines is 2. The molecule has 6 nitrogen and oxygen atoms in total. The Morgan fingerprint density at radius 2 is 2.08 bits per heavy atom. The third-order valence-electron chi connectivity index (χ3n) is 4.04. The number of ether oxygens (including phenoxy) is 1. The molecule has 24 heavy (non-hydrogen) atoms. The van der Waals surface area contributed by atoms with Crippen molar-refractivity contribution in [2.45, 2.75) is 38.3 Å². The Morgan fingerprint density at radius 3 is 2.79 bits per heavy atom. The Balaban J connectivity index is 1.76. The molecule has 1 aliphatic carbocycles. The van der Waals surface area contributed by atoms with E-state index in [0.29, 0.717) is 18.4 Å². The minimum Gasteiger partial charge on any atom is -0.496 e. The Hall–Kier alpha value is -2.34. The lowest BCUT2D eigenvalue weighted by Crippen LogP contribution is -2.21. The molecule has 0 unspecified atom stereocenters. The summed E-state index contributed by atoms with van der Waals surface area (Å²) in [4.78, 5) is 9.09. The molecule has 1 atom stereocenters. The van der Waals surface area contributed by atoms with Crippen LogP contribution < -0.4 is 15.4 Å². The van der Waals surface area contributed by atoms with E-state index in [9.17, 15) is 5.11 Å². The summed E-state index contributed by atoms with van der Waals surface area (Å²) in [5.74, 6) is 2.73. The highest BCUT2D eigenvalue weighted by Gasteiger charge is 2.26. The molecule has 2 aromatic rings. The van der Waals surface area contributed by atoms with E-state index >= 15 is 0 Å². The molecule has 0 radical (unpaired) electrons. The van der Waals surface area contributed by atoms with Gasteiger partial charge >= 0.3 is 0 Å². The van der Waals surface area contributed by atoms with Crippen LogP contribution in [-0.4, -0.2) is 34.8 Å². The summed E-state index contributed by atoms with van der Waals surface area (Å²) < 4.78 is 5.38. The van der Waals surface area contributed by atoms with Crippen LogP contribution in [0.5, 0.6) is 5.75 Å². The van der Waals surface area contributed by atoms with E-state index in [-0.39, 0.29) is 12.6 Å².